The van der Waals surface area contributed by atoms with Gasteiger partial charge in [0.2, 0.25) is 0 Å². The number of aromatic nitrogens is 2. The van der Waals surface area contributed by atoms with Crippen molar-refractivity contribution in [2.45, 2.75) is 18.4 Å². The number of thioether (sulfide) groups is 1. The van der Waals surface area contributed by atoms with Crippen molar-refractivity contribution in [3.05, 3.63) is 41.7 Å². The number of anilines is 1. The molecule has 0 atom stereocenters. The van der Waals surface area contributed by atoms with Crippen LogP contribution in [0, 0.1) is 6.92 Å². The van der Waals surface area contributed by atoms with Crippen LogP contribution < -0.4 is 4.90 Å². The molecule has 0 aliphatic rings. The third-order valence-corrected chi connectivity index (χ3v) is 3.74. The molecule has 96 valence electrons. The number of nitrogens with zero attached hydrogens (tertiary/aromatic N) is 3. The predicted molar refractivity (Wildman–Crippen MR) is 78.3 cm³/mol. The van der Waals surface area contributed by atoms with Crippen LogP contribution in [0.5, 0.6) is 0 Å². The molecule has 0 spiro atoms. The molecule has 3 nitrogen and oxygen atoms in total. The van der Waals surface area contributed by atoms with Gasteiger partial charge in [-0.15, -0.1) is 11.8 Å². The lowest BCUT2D eigenvalue weighted by molar-refractivity contribution is 0.756. The Labute approximate surface area is 113 Å². The zero-order chi connectivity index (χ0) is 13.1. The first-order valence-electron chi connectivity index (χ1n) is 5.94. The second-order valence-electron chi connectivity index (χ2n) is 4.47. The van der Waals surface area contributed by atoms with Crippen molar-refractivity contribution in [2.24, 2.45) is 7.05 Å². The van der Waals surface area contributed by atoms with Crippen molar-refractivity contribution in [3.63, 3.8) is 0 Å². The van der Waals surface area contributed by atoms with Crippen LogP contribution in [0.1, 0.15) is 11.3 Å². The van der Waals surface area contributed by atoms with E-state index in [0.717, 1.165) is 12.2 Å². The average molecular weight is 261 g/mol. The monoisotopic (exact) mass is 261 g/mol. The fourth-order valence-corrected chi connectivity index (χ4v) is 2.45. The predicted octanol–water partition coefficient (Wildman–Crippen LogP) is 3.09. The van der Waals surface area contributed by atoms with Crippen LogP contribution in [0.2, 0.25) is 0 Å². The summed E-state index contributed by atoms with van der Waals surface area (Å²) in [6.07, 6.45) is 4.19. The fourth-order valence-electron chi connectivity index (χ4n) is 2.00. The standard InChI is InChI=1S/C14H19N3S/c1-11-12(10-17(3)15-11)9-16(2)13-6-5-7-14(8-13)18-4/h5-8,10H,9H2,1-4H3. The van der Waals surface area contributed by atoms with E-state index in [0.29, 0.717) is 0 Å². The SMILES string of the molecule is CSc1cccc(N(C)Cc2cn(C)nc2C)c1. The van der Waals surface area contributed by atoms with Gasteiger partial charge in [-0.25, -0.2) is 0 Å². The zero-order valence-electron chi connectivity index (χ0n) is 11.3. The molecule has 18 heavy (non-hydrogen) atoms. The molecular weight excluding hydrogens is 242 g/mol. The van der Waals surface area contributed by atoms with Gasteiger partial charge in [-0.3, -0.25) is 4.68 Å². The molecule has 0 saturated heterocycles. The molecule has 0 fully saturated rings. The average Bonchev–Trinajstić information content (AvgIpc) is 2.68. The Morgan fingerprint density at radius 1 is 1.39 bits per heavy atom. The van der Waals surface area contributed by atoms with Gasteiger partial charge < -0.3 is 4.90 Å². The van der Waals surface area contributed by atoms with Crippen LogP contribution >= 0.6 is 11.8 Å². The van der Waals surface area contributed by atoms with Crippen molar-refractivity contribution in [2.75, 3.05) is 18.2 Å². The van der Waals surface area contributed by atoms with Gasteiger partial charge in [0.1, 0.15) is 0 Å². The highest BCUT2D eigenvalue weighted by Gasteiger charge is 2.07. The minimum atomic E-state index is 0.886. The summed E-state index contributed by atoms with van der Waals surface area (Å²) in [6, 6.07) is 8.60. The molecule has 4 heteroatoms. The summed E-state index contributed by atoms with van der Waals surface area (Å²) in [5.74, 6) is 0. The Hall–Kier alpha value is -1.42. The highest BCUT2D eigenvalue weighted by molar-refractivity contribution is 7.98. The lowest BCUT2D eigenvalue weighted by Gasteiger charge is -2.19. The van der Waals surface area contributed by atoms with Gasteiger partial charge in [0.15, 0.2) is 0 Å². The van der Waals surface area contributed by atoms with Crippen LogP contribution in [-0.4, -0.2) is 23.1 Å². The van der Waals surface area contributed by atoms with E-state index in [1.165, 1.54) is 16.1 Å². The molecule has 0 amide bonds. The summed E-state index contributed by atoms with van der Waals surface area (Å²) in [4.78, 5) is 3.55. The minimum absolute atomic E-state index is 0.886. The van der Waals surface area contributed by atoms with E-state index < -0.39 is 0 Å². The Morgan fingerprint density at radius 3 is 2.78 bits per heavy atom. The quantitative estimate of drug-likeness (QED) is 0.789. The molecule has 0 radical (unpaired) electrons. The third-order valence-electron chi connectivity index (χ3n) is 3.02. The van der Waals surface area contributed by atoms with E-state index in [1.807, 2.05) is 11.7 Å². The number of hydrogen-bond donors (Lipinski definition) is 0. The van der Waals surface area contributed by atoms with Crippen molar-refractivity contribution >= 4 is 17.4 Å². The molecule has 0 N–H and O–H groups in total. The van der Waals surface area contributed by atoms with E-state index in [-0.39, 0.29) is 0 Å². The van der Waals surface area contributed by atoms with Gasteiger partial charge in [-0.2, -0.15) is 5.10 Å². The number of benzene rings is 1. The largest absolute Gasteiger partial charge is 0.370 e. The minimum Gasteiger partial charge on any atom is -0.370 e. The van der Waals surface area contributed by atoms with Crippen LogP contribution in [0.15, 0.2) is 35.4 Å². The first-order valence-corrected chi connectivity index (χ1v) is 7.17. The number of rotatable bonds is 4. The summed E-state index contributed by atoms with van der Waals surface area (Å²) < 4.78 is 1.87. The Bertz CT molecular complexity index is 534. The van der Waals surface area contributed by atoms with Crippen LogP contribution in [0.25, 0.3) is 0 Å². The van der Waals surface area contributed by atoms with E-state index in [2.05, 4.69) is 60.7 Å². The molecule has 1 aromatic carbocycles. The maximum atomic E-state index is 4.38. The van der Waals surface area contributed by atoms with E-state index in [1.54, 1.807) is 11.8 Å². The molecule has 0 aliphatic heterocycles. The molecule has 0 saturated carbocycles. The summed E-state index contributed by atoms with van der Waals surface area (Å²) in [6.45, 7) is 2.94. The van der Waals surface area contributed by atoms with Crippen molar-refractivity contribution in [1.82, 2.24) is 9.78 Å². The zero-order valence-corrected chi connectivity index (χ0v) is 12.2. The van der Waals surface area contributed by atoms with Crippen molar-refractivity contribution < 1.29 is 0 Å². The van der Waals surface area contributed by atoms with Crippen LogP contribution in [-0.2, 0) is 13.6 Å². The Kier molecular flexibility index (Phi) is 3.97. The Balaban J connectivity index is 2.16. The summed E-state index contributed by atoms with van der Waals surface area (Å²) in [5.41, 5.74) is 3.62. The van der Waals surface area contributed by atoms with E-state index in [9.17, 15) is 0 Å². The number of aryl methyl sites for hydroxylation is 2. The first-order chi connectivity index (χ1) is 8.60. The van der Waals surface area contributed by atoms with Gasteiger partial charge in [-0.1, -0.05) is 6.07 Å². The van der Waals surface area contributed by atoms with Crippen molar-refractivity contribution in [3.8, 4) is 0 Å². The molecule has 1 aromatic heterocycles. The maximum absolute atomic E-state index is 4.38. The van der Waals surface area contributed by atoms with Gasteiger partial charge in [0.05, 0.1) is 5.69 Å². The third kappa shape index (κ3) is 2.88. The highest BCUT2D eigenvalue weighted by Crippen LogP contribution is 2.22. The summed E-state index contributed by atoms with van der Waals surface area (Å²) in [5, 5.41) is 4.38. The molecule has 0 aliphatic carbocycles. The summed E-state index contributed by atoms with van der Waals surface area (Å²) >= 11 is 1.77. The lowest BCUT2D eigenvalue weighted by Crippen LogP contribution is -2.16. The Morgan fingerprint density at radius 2 is 2.17 bits per heavy atom. The second kappa shape index (κ2) is 5.48. The molecule has 0 unspecified atom stereocenters. The molecular formula is C14H19N3S. The van der Waals surface area contributed by atoms with Gasteiger partial charge in [0.25, 0.3) is 0 Å². The molecule has 2 aromatic rings. The van der Waals surface area contributed by atoms with E-state index >= 15 is 0 Å². The molecule has 2 rings (SSSR count). The van der Waals surface area contributed by atoms with Gasteiger partial charge >= 0.3 is 0 Å². The first kappa shape index (κ1) is 13.0. The summed E-state index contributed by atoms with van der Waals surface area (Å²) in [7, 11) is 4.08. The normalized spacial score (nSPS) is 10.7. The fraction of sp³-hybridized carbons (Fsp3) is 0.357. The number of hydrogen-bond acceptors (Lipinski definition) is 3. The maximum Gasteiger partial charge on any atom is 0.0643 e. The second-order valence-corrected chi connectivity index (χ2v) is 5.35. The van der Waals surface area contributed by atoms with Gasteiger partial charge in [0, 0.05) is 43.0 Å². The van der Waals surface area contributed by atoms with Crippen LogP contribution in [0.4, 0.5) is 5.69 Å². The molecule has 1 heterocycles. The lowest BCUT2D eigenvalue weighted by atomic mass is 10.2. The van der Waals surface area contributed by atoms with E-state index in [4.69, 9.17) is 0 Å². The topological polar surface area (TPSA) is 21.1 Å². The van der Waals surface area contributed by atoms with Gasteiger partial charge in [-0.05, 0) is 31.4 Å². The highest BCUT2D eigenvalue weighted by atomic mass is 32.2. The van der Waals surface area contributed by atoms with Crippen LogP contribution in [0.3, 0.4) is 0 Å². The smallest absolute Gasteiger partial charge is 0.0643 e. The molecule has 0 bridgehead atoms. The van der Waals surface area contributed by atoms with Crippen molar-refractivity contribution in [1.29, 1.82) is 0 Å².